The topological polar surface area (TPSA) is 21.3 Å². The Bertz CT molecular complexity index is 598. The minimum absolute atomic E-state index is 0.241. The zero-order valence-electron chi connectivity index (χ0n) is 12.8. The highest BCUT2D eigenvalue weighted by Gasteiger charge is 2.10. The van der Waals surface area contributed by atoms with Gasteiger partial charge in [-0.2, -0.15) is 0 Å². The Hall–Kier alpha value is -1.51. The second-order valence-electron chi connectivity index (χ2n) is 5.23. The van der Waals surface area contributed by atoms with Crippen molar-refractivity contribution >= 4 is 11.6 Å². The van der Waals surface area contributed by atoms with Crippen LogP contribution in [-0.2, 0) is 0 Å². The molecule has 0 saturated heterocycles. The molecule has 0 saturated carbocycles. The highest BCUT2D eigenvalue weighted by molar-refractivity contribution is 6.31. The van der Waals surface area contributed by atoms with Gasteiger partial charge in [0.05, 0.1) is 0 Å². The van der Waals surface area contributed by atoms with Crippen molar-refractivity contribution in [3.8, 4) is 11.5 Å². The van der Waals surface area contributed by atoms with E-state index in [2.05, 4.69) is 19.2 Å². The van der Waals surface area contributed by atoms with Crippen LogP contribution in [0.15, 0.2) is 42.5 Å². The second-order valence-corrected chi connectivity index (χ2v) is 5.63. The van der Waals surface area contributed by atoms with Crippen molar-refractivity contribution in [3.63, 3.8) is 0 Å². The maximum atomic E-state index is 6.39. The Morgan fingerprint density at radius 2 is 1.95 bits per heavy atom. The molecule has 112 valence electrons. The number of nitrogens with one attached hydrogen (secondary N) is 1. The Morgan fingerprint density at radius 1 is 1.19 bits per heavy atom. The van der Waals surface area contributed by atoms with Gasteiger partial charge in [-0.3, -0.25) is 0 Å². The molecule has 1 N–H and O–H groups in total. The van der Waals surface area contributed by atoms with Gasteiger partial charge in [0.2, 0.25) is 0 Å². The van der Waals surface area contributed by atoms with Crippen LogP contribution in [-0.4, -0.2) is 6.54 Å². The second kappa shape index (κ2) is 7.48. The number of aryl methyl sites for hydroxylation is 1. The molecular weight excluding hydrogens is 282 g/mol. The number of ether oxygens (including phenoxy) is 1. The Balaban J connectivity index is 2.14. The van der Waals surface area contributed by atoms with Crippen LogP contribution in [0.3, 0.4) is 0 Å². The standard InChI is InChI=1S/C18H22ClNO/c1-4-11-20-14(3)16-10-9-15(12-17(16)19)21-18-8-6-5-7-13(18)2/h5-10,12,14,20H,4,11H2,1-3H3. The summed E-state index contributed by atoms with van der Waals surface area (Å²) in [7, 11) is 0. The molecule has 0 aliphatic carbocycles. The van der Waals surface area contributed by atoms with E-state index < -0.39 is 0 Å². The van der Waals surface area contributed by atoms with Crippen molar-refractivity contribution < 1.29 is 4.74 Å². The Kier molecular flexibility index (Phi) is 5.66. The van der Waals surface area contributed by atoms with Gasteiger partial charge in [-0.25, -0.2) is 0 Å². The normalized spacial score (nSPS) is 12.2. The van der Waals surface area contributed by atoms with E-state index in [1.807, 2.05) is 49.4 Å². The number of benzene rings is 2. The molecule has 0 heterocycles. The van der Waals surface area contributed by atoms with Gasteiger partial charge in [-0.1, -0.05) is 42.8 Å². The van der Waals surface area contributed by atoms with Crippen LogP contribution in [0.4, 0.5) is 0 Å². The number of para-hydroxylation sites is 1. The van der Waals surface area contributed by atoms with E-state index in [0.29, 0.717) is 0 Å². The molecule has 0 aromatic heterocycles. The molecule has 2 nitrogen and oxygen atoms in total. The summed E-state index contributed by atoms with van der Waals surface area (Å²) in [5.41, 5.74) is 2.21. The van der Waals surface area contributed by atoms with Crippen molar-refractivity contribution in [2.75, 3.05) is 6.54 Å². The third kappa shape index (κ3) is 4.23. The first-order valence-electron chi connectivity index (χ1n) is 7.38. The molecule has 0 aliphatic rings. The third-order valence-corrected chi connectivity index (χ3v) is 3.79. The Morgan fingerprint density at radius 3 is 2.62 bits per heavy atom. The molecule has 0 spiro atoms. The fourth-order valence-corrected chi connectivity index (χ4v) is 2.53. The van der Waals surface area contributed by atoms with E-state index in [1.165, 1.54) is 0 Å². The van der Waals surface area contributed by atoms with Crippen LogP contribution < -0.4 is 10.1 Å². The average molecular weight is 304 g/mol. The van der Waals surface area contributed by atoms with Crippen molar-refractivity contribution in [2.45, 2.75) is 33.2 Å². The lowest BCUT2D eigenvalue weighted by molar-refractivity contribution is 0.478. The summed E-state index contributed by atoms with van der Waals surface area (Å²) >= 11 is 6.39. The minimum atomic E-state index is 0.241. The van der Waals surface area contributed by atoms with E-state index in [-0.39, 0.29) is 6.04 Å². The van der Waals surface area contributed by atoms with Crippen molar-refractivity contribution in [1.29, 1.82) is 0 Å². The van der Waals surface area contributed by atoms with Gasteiger partial charge >= 0.3 is 0 Å². The van der Waals surface area contributed by atoms with Crippen LogP contribution >= 0.6 is 11.6 Å². The fraction of sp³-hybridized carbons (Fsp3) is 0.333. The van der Waals surface area contributed by atoms with Gasteiger partial charge < -0.3 is 10.1 Å². The van der Waals surface area contributed by atoms with Gasteiger partial charge in [-0.05, 0) is 56.1 Å². The molecule has 0 aliphatic heterocycles. The summed E-state index contributed by atoms with van der Waals surface area (Å²) < 4.78 is 5.90. The van der Waals surface area contributed by atoms with Crippen LogP contribution in [0, 0.1) is 6.92 Å². The number of rotatable bonds is 6. The first-order chi connectivity index (χ1) is 10.1. The monoisotopic (exact) mass is 303 g/mol. The molecule has 0 bridgehead atoms. The van der Waals surface area contributed by atoms with Crippen LogP contribution in [0.5, 0.6) is 11.5 Å². The van der Waals surface area contributed by atoms with Gasteiger partial charge in [0.15, 0.2) is 0 Å². The fourth-order valence-electron chi connectivity index (χ4n) is 2.19. The smallest absolute Gasteiger partial charge is 0.130 e. The summed E-state index contributed by atoms with van der Waals surface area (Å²) in [6.45, 7) is 7.29. The predicted octanol–water partition coefficient (Wildman–Crippen LogP) is 5.50. The number of hydrogen-bond donors (Lipinski definition) is 1. The Labute approximate surface area is 132 Å². The average Bonchev–Trinajstić information content (AvgIpc) is 2.47. The molecular formula is C18H22ClNO. The summed E-state index contributed by atoms with van der Waals surface area (Å²) in [5.74, 6) is 1.62. The lowest BCUT2D eigenvalue weighted by Gasteiger charge is -2.16. The lowest BCUT2D eigenvalue weighted by Crippen LogP contribution is -2.19. The molecule has 0 amide bonds. The SMILES string of the molecule is CCCNC(C)c1ccc(Oc2ccccc2C)cc1Cl. The predicted molar refractivity (Wildman–Crippen MR) is 89.4 cm³/mol. The van der Waals surface area contributed by atoms with E-state index in [9.17, 15) is 0 Å². The van der Waals surface area contributed by atoms with Crippen molar-refractivity contribution in [3.05, 3.63) is 58.6 Å². The zero-order chi connectivity index (χ0) is 15.2. The largest absolute Gasteiger partial charge is 0.457 e. The van der Waals surface area contributed by atoms with Crippen molar-refractivity contribution in [1.82, 2.24) is 5.32 Å². The highest BCUT2D eigenvalue weighted by atomic mass is 35.5. The first kappa shape index (κ1) is 15.9. The molecule has 0 radical (unpaired) electrons. The summed E-state index contributed by atoms with van der Waals surface area (Å²) in [5, 5.41) is 4.18. The van der Waals surface area contributed by atoms with Crippen LogP contribution in [0.2, 0.25) is 5.02 Å². The molecule has 1 unspecified atom stereocenters. The van der Waals surface area contributed by atoms with Crippen LogP contribution in [0.1, 0.15) is 37.4 Å². The van der Waals surface area contributed by atoms with Gasteiger partial charge in [-0.15, -0.1) is 0 Å². The maximum Gasteiger partial charge on any atom is 0.130 e. The molecule has 2 rings (SSSR count). The molecule has 3 heteroatoms. The molecule has 21 heavy (non-hydrogen) atoms. The summed E-state index contributed by atoms with van der Waals surface area (Å²) in [6.07, 6.45) is 1.11. The number of halogens is 1. The quantitative estimate of drug-likeness (QED) is 0.760. The third-order valence-electron chi connectivity index (χ3n) is 3.46. The minimum Gasteiger partial charge on any atom is -0.457 e. The van der Waals surface area contributed by atoms with Gasteiger partial charge in [0, 0.05) is 11.1 Å². The molecule has 2 aromatic rings. The van der Waals surface area contributed by atoms with Gasteiger partial charge in [0.1, 0.15) is 11.5 Å². The van der Waals surface area contributed by atoms with E-state index in [1.54, 1.807) is 0 Å². The molecule has 1 atom stereocenters. The maximum absolute atomic E-state index is 6.39. The lowest BCUT2D eigenvalue weighted by atomic mass is 10.1. The summed E-state index contributed by atoms with van der Waals surface area (Å²) in [6, 6.07) is 14.1. The van der Waals surface area contributed by atoms with E-state index in [4.69, 9.17) is 16.3 Å². The van der Waals surface area contributed by atoms with Gasteiger partial charge in [0.25, 0.3) is 0 Å². The van der Waals surface area contributed by atoms with E-state index >= 15 is 0 Å². The summed E-state index contributed by atoms with van der Waals surface area (Å²) in [4.78, 5) is 0. The van der Waals surface area contributed by atoms with Crippen molar-refractivity contribution in [2.24, 2.45) is 0 Å². The number of hydrogen-bond acceptors (Lipinski definition) is 2. The highest BCUT2D eigenvalue weighted by Crippen LogP contribution is 2.31. The van der Waals surface area contributed by atoms with E-state index in [0.717, 1.165) is 40.6 Å². The zero-order valence-corrected chi connectivity index (χ0v) is 13.6. The molecule has 2 aromatic carbocycles. The first-order valence-corrected chi connectivity index (χ1v) is 7.76. The molecule has 0 fully saturated rings. The van der Waals surface area contributed by atoms with Crippen LogP contribution in [0.25, 0.3) is 0 Å².